The minimum atomic E-state index is -0.341. The molecule has 0 radical (unpaired) electrons. The van der Waals surface area contributed by atoms with Gasteiger partial charge in [-0.25, -0.2) is 4.98 Å². The van der Waals surface area contributed by atoms with E-state index >= 15 is 0 Å². The van der Waals surface area contributed by atoms with Gasteiger partial charge in [0.1, 0.15) is 0 Å². The van der Waals surface area contributed by atoms with Crippen molar-refractivity contribution in [3.8, 4) is 11.5 Å². The topological polar surface area (TPSA) is 86.8 Å². The van der Waals surface area contributed by atoms with Gasteiger partial charge in [-0.15, -0.1) is 11.3 Å². The number of aromatic nitrogens is 1. The molecule has 7 nitrogen and oxygen atoms in total. The second kappa shape index (κ2) is 6.66. The monoisotopic (exact) mass is 334 g/mol. The van der Waals surface area contributed by atoms with E-state index < -0.39 is 0 Å². The third kappa shape index (κ3) is 3.59. The maximum Gasteiger partial charge on any atom is 0.311 e. The zero-order chi connectivity index (χ0) is 16.2. The quantitative estimate of drug-likeness (QED) is 0.844. The van der Waals surface area contributed by atoms with Crippen LogP contribution < -0.4 is 14.8 Å². The Morgan fingerprint density at radius 2 is 2.17 bits per heavy atom. The smallest absolute Gasteiger partial charge is 0.311 e. The molecule has 23 heavy (non-hydrogen) atoms. The predicted molar refractivity (Wildman–Crippen MR) is 83.0 cm³/mol. The molecule has 8 heteroatoms. The lowest BCUT2D eigenvalue weighted by molar-refractivity contribution is -0.142. The average molecular weight is 334 g/mol. The lowest BCUT2D eigenvalue weighted by Crippen LogP contribution is -2.12. The average Bonchev–Trinajstić information content (AvgIpc) is 3.15. The van der Waals surface area contributed by atoms with E-state index in [0.29, 0.717) is 34.5 Å². The molecule has 1 aromatic heterocycles. The summed E-state index contributed by atoms with van der Waals surface area (Å²) in [6.45, 7) is 2.23. The maximum absolute atomic E-state index is 12.2. The molecule has 1 aliphatic rings. The standard InChI is InChI=1S/C15H14N2O5S/c1-2-20-13(18)6-10-7-23-15(16-10)17-14(19)9-3-4-11-12(5-9)22-8-21-11/h3-5,7H,2,6,8H2,1H3,(H,16,17,19). The van der Waals surface area contributed by atoms with Crippen LogP contribution in [0.4, 0.5) is 5.13 Å². The molecule has 0 unspecified atom stereocenters. The van der Waals surface area contributed by atoms with Crippen molar-refractivity contribution in [2.75, 3.05) is 18.7 Å². The van der Waals surface area contributed by atoms with Gasteiger partial charge >= 0.3 is 5.97 Å². The number of hydrogen-bond acceptors (Lipinski definition) is 7. The lowest BCUT2D eigenvalue weighted by atomic mass is 10.2. The van der Waals surface area contributed by atoms with Crippen molar-refractivity contribution in [3.63, 3.8) is 0 Å². The van der Waals surface area contributed by atoms with Gasteiger partial charge in [0.25, 0.3) is 5.91 Å². The summed E-state index contributed by atoms with van der Waals surface area (Å²) in [5.41, 5.74) is 1.01. The van der Waals surface area contributed by atoms with Gasteiger partial charge in [-0.2, -0.15) is 0 Å². The van der Waals surface area contributed by atoms with E-state index in [-0.39, 0.29) is 25.1 Å². The minimum absolute atomic E-state index is 0.0875. The van der Waals surface area contributed by atoms with Crippen LogP contribution in [0.3, 0.4) is 0 Å². The fourth-order valence-electron chi connectivity index (χ4n) is 2.01. The predicted octanol–water partition coefficient (Wildman–Crippen LogP) is 2.23. The number of carbonyl (C=O) groups is 2. The van der Waals surface area contributed by atoms with Gasteiger partial charge in [-0.3, -0.25) is 14.9 Å². The van der Waals surface area contributed by atoms with E-state index in [4.69, 9.17) is 14.2 Å². The number of benzene rings is 1. The summed E-state index contributed by atoms with van der Waals surface area (Å²) in [5, 5.41) is 4.83. The van der Waals surface area contributed by atoms with E-state index in [1.165, 1.54) is 11.3 Å². The summed E-state index contributed by atoms with van der Waals surface area (Å²) in [7, 11) is 0. The van der Waals surface area contributed by atoms with Crippen molar-refractivity contribution in [1.82, 2.24) is 4.98 Å². The summed E-state index contributed by atoms with van der Waals surface area (Å²) in [5.74, 6) is 0.513. The van der Waals surface area contributed by atoms with Crippen molar-refractivity contribution in [2.45, 2.75) is 13.3 Å². The van der Waals surface area contributed by atoms with Crippen molar-refractivity contribution in [3.05, 3.63) is 34.8 Å². The van der Waals surface area contributed by atoms with Crippen molar-refractivity contribution in [2.24, 2.45) is 0 Å². The number of carbonyl (C=O) groups excluding carboxylic acids is 2. The van der Waals surface area contributed by atoms with Gasteiger partial charge in [-0.05, 0) is 25.1 Å². The molecule has 3 rings (SSSR count). The fourth-order valence-corrected chi connectivity index (χ4v) is 2.72. The number of anilines is 1. The Kier molecular flexibility index (Phi) is 4.42. The molecule has 0 fully saturated rings. The number of ether oxygens (including phenoxy) is 3. The van der Waals surface area contributed by atoms with Gasteiger partial charge in [0.05, 0.1) is 18.7 Å². The lowest BCUT2D eigenvalue weighted by Gasteiger charge is -2.03. The van der Waals surface area contributed by atoms with Crippen LogP contribution in [-0.4, -0.2) is 30.3 Å². The summed E-state index contributed by atoms with van der Waals surface area (Å²) in [6.07, 6.45) is 0.0875. The second-order valence-electron chi connectivity index (χ2n) is 4.65. The van der Waals surface area contributed by atoms with E-state index in [1.807, 2.05) is 0 Å². The Labute approximate surface area is 136 Å². The number of amides is 1. The van der Waals surface area contributed by atoms with E-state index in [9.17, 15) is 9.59 Å². The molecule has 1 aliphatic heterocycles. The SMILES string of the molecule is CCOC(=O)Cc1csc(NC(=O)c2ccc3c(c2)OCO3)n1. The summed E-state index contributed by atoms with van der Waals surface area (Å²) < 4.78 is 15.3. The zero-order valence-electron chi connectivity index (χ0n) is 12.3. The van der Waals surface area contributed by atoms with Crippen LogP contribution >= 0.6 is 11.3 Å². The van der Waals surface area contributed by atoms with Crippen LogP contribution in [0, 0.1) is 0 Å². The largest absolute Gasteiger partial charge is 0.466 e. The van der Waals surface area contributed by atoms with E-state index in [0.717, 1.165) is 0 Å². The highest BCUT2D eigenvalue weighted by Crippen LogP contribution is 2.32. The Hall–Kier alpha value is -2.61. The number of nitrogens with zero attached hydrogens (tertiary/aromatic N) is 1. The first-order valence-electron chi connectivity index (χ1n) is 6.96. The van der Waals surface area contributed by atoms with Gasteiger partial charge < -0.3 is 14.2 Å². The number of nitrogens with one attached hydrogen (secondary N) is 1. The molecule has 0 saturated heterocycles. The molecule has 2 heterocycles. The Balaban J connectivity index is 1.64. The van der Waals surface area contributed by atoms with Gasteiger partial charge in [0.15, 0.2) is 16.6 Å². The molecule has 0 atom stereocenters. The van der Waals surface area contributed by atoms with E-state index in [1.54, 1.807) is 30.5 Å². The highest BCUT2D eigenvalue weighted by atomic mass is 32.1. The number of thiazole rings is 1. The Bertz CT molecular complexity index is 743. The zero-order valence-corrected chi connectivity index (χ0v) is 13.1. The molecule has 0 aliphatic carbocycles. The first-order chi connectivity index (χ1) is 11.2. The van der Waals surface area contributed by atoms with Crippen molar-refractivity contribution >= 4 is 28.3 Å². The highest BCUT2D eigenvalue weighted by Gasteiger charge is 2.17. The molecule has 0 saturated carbocycles. The molecule has 2 aromatic rings. The molecule has 1 N–H and O–H groups in total. The molecule has 0 spiro atoms. The molecule has 0 bridgehead atoms. The normalized spacial score (nSPS) is 12.0. The number of hydrogen-bond donors (Lipinski definition) is 1. The highest BCUT2D eigenvalue weighted by molar-refractivity contribution is 7.14. The van der Waals surface area contributed by atoms with Crippen LogP contribution in [-0.2, 0) is 16.0 Å². The minimum Gasteiger partial charge on any atom is -0.466 e. The Morgan fingerprint density at radius 3 is 3.00 bits per heavy atom. The summed E-state index contributed by atoms with van der Waals surface area (Å²) in [4.78, 5) is 27.8. The maximum atomic E-state index is 12.2. The third-order valence-corrected chi connectivity index (χ3v) is 3.84. The molecule has 120 valence electrons. The molecule has 1 amide bonds. The number of fused-ring (bicyclic) bond motifs is 1. The van der Waals surface area contributed by atoms with Crippen LogP contribution in [0.15, 0.2) is 23.6 Å². The van der Waals surface area contributed by atoms with Crippen molar-refractivity contribution < 1.29 is 23.8 Å². The first-order valence-corrected chi connectivity index (χ1v) is 7.84. The fraction of sp³-hybridized carbons (Fsp3) is 0.267. The van der Waals surface area contributed by atoms with Crippen LogP contribution in [0.2, 0.25) is 0 Å². The molecular weight excluding hydrogens is 320 g/mol. The van der Waals surface area contributed by atoms with Gasteiger partial charge in [0.2, 0.25) is 6.79 Å². The van der Waals surface area contributed by atoms with Crippen molar-refractivity contribution in [1.29, 1.82) is 0 Å². The molecular formula is C15H14N2O5S. The van der Waals surface area contributed by atoms with Gasteiger partial charge in [-0.1, -0.05) is 0 Å². The third-order valence-electron chi connectivity index (χ3n) is 3.04. The van der Waals surface area contributed by atoms with E-state index in [2.05, 4.69) is 10.3 Å². The molecule has 1 aromatic carbocycles. The Morgan fingerprint density at radius 1 is 1.35 bits per heavy atom. The van der Waals surface area contributed by atoms with Crippen LogP contribution in [0.5, 0.6) is 11.5 Å². The number of esters is 1. The summed E-state index contributed by atoms with van der Waals surface area (Å²) in [6, 6.07) is 4.95. The second-order valence-corrected chi connectivity index (χ2v) is 5.51. The summed E-state index contributed by atoms with van der Waals surface area (Å²) >= 11 is 1.25. The number of rotatable bonds is 5. The first kappa shape index (κ1) is 15.3. The van der Waals surface area contributed by atoms with Crippen LogP contribution in [0.1, 0.15) is 23.0 Å². The van der Waals surface area contributed by atoms with Gasteiger partial charge in [0, 0.05) is 10.9 Å². The van der Waals surface area contributed by atoms with Crippen LogP contribution in [0.25, 0.3) is 0 Å².